The number of halogens is 3. The average molecular weight is 406 g/mol. The molecule has 0 radical (unpaired) electrons. The van der Waals surface area contributed by atoms with Gasteiger partial charge in [0, 0.05) is 18.8 Å². The zero-order valence-electron chi connectivity index (χ0n) is 10.9. The molecule has 1 atom stereocenters. The lowest BCUT2D eigenvalue weighted by molar-refractivity contribution is 0.437. The van der Waals surface area contributed by atoms with Crippen LogP contribution in [0.4, 0.5) is 10.1 Å². The molecular formula is C14H15Br2FN2O. The zero-order valence-corrected chi connectivity index (χ0v) is 14.1. The number of hydrogen-bond donors (Lipinski definition) is 1. The maximum absolute atomic E-state index is 13.0. The Hall–Kier alpha value is -0.850. The standard InChI is InChI=1S/C14H15Br2FN2O/c1-2-19(10-5-3-9(17)4-6-10)12(8-18)13-7-11(15)14(16)20-13/h3-7,12H,2,8,18H2,1H3. The van der Waals surface area contributed by atoms with Gasteiger partial charge in [0.15, 0.2) is 4.67 Å². The minimum absolute atomic E-state index is 0.104. The molecule has 0 fully saturated rings. The molecule has 0 spiro atoms. The van der Waals surface area contributed by atoms with Crippen LogP contribution in [-0.2, 0) is 0 Å². The topological polar surface area (TPSA) is 42.4 Å². The van der Waals surface area contributed by atoms with Gasteiger partial charge in [-0.25, -0.2) is 4.39 Å². The lowest BCUT2D eigenvalue weighted by Crippen LogP contribution is -2.33. The summed E-state index contributed by atoms with van der Waals surface area (Å²) in [7, 11) is 0. The van der Waals surface area contributed by atoms with Crippen molar-refractivity contribution in [1.82, 2.24) is 0 Å². The molecule has 0 aliphatic rings. The molecule has 0 saturated carbocycles. The number of hydrogen-bond acceptors (Lipinski definition) is 3. The van der Waals surface area contributed by atoms with Crippen LogP contribution >= 0.6 is 31.9 Å². The first-order valence-electron chi connectivity index (χ1n) is 6.23. The first kappa shape index (κ1) is 15.5. The van der Waals surface area contributed by atoms with Crippen LogP contribution in [-0.4, -0.2) is 13.1 Å². The quantitative estimate of drug-likeness (QED) is 0.797. The Kier molecular flexibility index (Phi) is 5.23. The minimum atomic E-state index is -0.252. The summed E-state index contributed by atoms with van der Waals surface area (Å²) in [6.07, 6.45) is 0. The summed E-state index contributed by atoms with van der Waals surface area (Å²) >= 11 is 6.73. The van der Waals surface area contributed by atoms with Gasteiger partial charge in [-0.1, -0.05) is 0 Å². The highest BCUT2D eigenvalue weighted by molar-refractivity contribution is 9.13. The largest absolute Gasteiger partial charge is 0.451 e. The molecular weight excluding hydrogens is 391 g/mol. The van der Waals surface area contributed by atoms with Gasteiger partial charge in [-0.3, -0.25) is 0 Å². The van der Waals surface area contributed by atoms with E-state index in [9.17, 15) is 4.39 Å². The summed E-state index contributed by atoms with van der Waals surface area (Å²) < 4.78 is 20.2. The summed E-state index contributed by atoms with van der Waals surface area (Å²) in [6, 6.07) is 8.17. The van der Waals surface area contributed by atoms with Gasteiger partial charge in [0.05, 0.1) is 10.5 Å². The van der Waals surface area contributed by atoms with Crippen LogP contribution in [0.1, 0.15) is 18.7 Å². The number of anilines is 1. The van der Waals surface area contributed by atoms with Crippen LogP contribution in [0.25, 0.3) is 0 Å². The fourth-order valence-corrected chi connectivity index (χ4v) is 2.75. The smallest absolute Gasteiger partial charge is 0.183 e. The number of likely N-dealkylation sites (N-methyl/N-ethyl adjacent to an activating group) is 1. The van der Waals surface area contributed by atoms with E-state index in [2.05, 4.69) is 36.8 Å². The van der Waals surface area contributed by atoms with Crippen molar-refractivity contribution in [2.24, 2.45) is 5.73 Å². The van der Waals surface area contributed by atoms with Crippen molar-refractivity contribution in [3.63, 3.8) is 0 Å². The Balaban J connectivity index is 2.34. The maximum Gasteiger partial charge on any atom is 0.183 e. The fourth-order valence-electron chi connectivity index (χ4n) is 2.14. The number of furan rings is 1. The van der Waals surface area contributed by atoms with Crippen LogP contribution < -0.4 is 10.6 Å². The molecule has 2 aromatic rings. The summed E-state index contributed by atoms with van der Waals surface area (Å²) in [6.45, 7) is 3.17. The molecule has 1 aromatic heterocycles. The Labute approximate surface area is 134 Å². The van der Waals surface area contributed by atoms with E-state index in [0.717, 1.165) is 22.5 Å². The van der Waals surface area contributed by atoms with E-state index in [4.69, 9.17) is 10.2 Å². The predicted octanol–water partition coefficient (Wildman–Crippen LogP) is 4.47. The summed E-state index contributed by atoms with van der Waals surface area (Å²) in [5.74, 6) is 0.509. The highest BCUT2D eigenvalue weighted by Crippen LogP contribution is 2.33. The lowest BCUT2D eigenvalue weighted by atomic mass is 10.1. The molecule has 1 unspecified atom stereocenters. The average Bonchev–Trinajstić information content (AvgIpc) is 2.77. The summed E-state index contributed by atoms with van der Waals surface area (Å²) in [5, 5.41) is 0. The molecule has 2 N–H and O–H groups in total. The van der Waals surface area contributed by atoms with E-state index in [1.807, 2.05) is 13.0 Å². The Morgan fingerprint density at radius 2 is 1.95 bits per heavy atom. The molecule has 0 saturated heterocycles. The molecule has 2 rings (SSSR count). The van der Waals surface area contributed by atoms with E-state index in [1.165, 1.54) is 12.1 Å². The Morgan fingerprint density at radius 1 is 1.30 bits per heavy atom. The number of benzene rings is 1. The van der Waals surface area contributed by atoms with Crippen molar-refractivity contribution in [2.45, 2.75) is 13.0 Å². The van der Waals surface area contributed by atoms with Gasteiger partial charge in [0.2, 0.25) is 0 Å². The maximum atomic E-state index is 13.0. The third-order valence-electron chi connectivity index (χ3n) is 3.09. The molecule has 1 aromatic carbocycles. The van der Waals surface area contributed by atoms with Crippen LogP contribution in [0, 0.1) is 5.82 Å². The van der Waals surface area contributed by atoms with E-state index < -0.39 is 0 Å². The van der Waals surface area contributed by atoms with Gasteiger partial charge in [0.1, 0.15) is 11.6 Å². The predicted molar refractivity (Wildman–Crippen MR) is 85.3 cm³/mol. The SMILES string of the molecule is CCN(c1ccc(F)cc1)C(CN)c1cc(Br)c(Br)o1. The molecule has 0 amide bonds. The van der Waals surface area contributed by atoms with Crippen molar-refractivity contribution in [1.29, 1.82) is 0 Å². The monoisotopic (exact) mass is 404 g/mol. The Morgan fingerprint density at radius 3 is 2.40 bits per heavy atom. The highest BCUT2D eigenvalue weighted by Gasteiger charge is 2.23. The van der Waals surface area contributed by atoms with Crippen molar-refractivity contribution in [3.05, 3.63) is 51.1 Å². The third-order valence-corrected chi connectivity index (χ3v) is 4.80. The normalized spacial score (nSPS) is 12.4. The summed E-state index contributed by atoms with van der Waals surface area (Å²) in [4.78, 5) is 2.08. The van der Waals surface area contributed by atoms with Crippen molar-refractivity contribution in [3.8, 4) is 0 Å². The van der Waals surface area contributed by atoms with Gasteiger partial charge in [0.25, 0.3) is 0 Å². The second kappa shape index (κ2) is 6.74. The first-order chi connectivity index (χ1) is 9.56. The van der Waals surface area contributed by atoms with Gasteiger partial charge in [-0.2, -0.15) is 0 Å². The molecule has 0 aliphatic heterocycles. The number of rotatable bonds is 5. The van der Waals surface area contributed by atoms with Gasteiger partial charge >= 0.3 is 0 Å². The van der Waals surface area contributed by atoms with Gasteiger partial charge < -0.3 is 15.1 Å². The molecule has 0 bridgehead atoms. The second-order valence-corrected chi connectivity index (χ2v) is 5.86. The van der Waals surface area contributed by atoms with E-state index in [0.29, 0.717) is 11.2 Å². The van der Waals surface area contributed by atoms with E-state index in [1.54, 1.807) is 12.1 Å². The molecule has 1 heterocycles. The van der Waals surface area contributed by atoms with E-state index >= 15 is 0 Å². The van der Waals surface area contributed by atoms with Gasteiger partial charge in [-0.15, -0.1) is 0 Å². The second-order valence-electron chi connectivity index (χ2n) is 4.28. The fraction of sp³-hybridized carbons (Fsp3) is 0.286. The molecule has 6 heteroatoms. The Bertz CT molecular complexity index is 552. The lowest BCUT2D eigenvalue weighted by Gasteiger charge is -2.30. The van der Waals surface area contributed by atoms with Crippen molar-refractivity contribution < 1.29 is 8.81 Å². The van der Waals surface area contributed by atoms with Crippen molar-refractivity contribution in [2.75, 3.05) is 18.0 Å². The van der Waals surface area contributed by atoms with Crippen molar-refractivity contribution >= 4 is 37.5 Å². The van der Waals surface area contributed by atoms with Crippen LogP contribution in [0.5, 0.6) is 0 Å². The molecule has 20 heavy (non-hydrogen) atoms. The number of nitrogens with zero attached hydrogens (tertiary/aromatic N) is 1. The highest BCUT2D eigenvalue weighted by atomic mass is 79.9. The van der Waals surface area contributed by atoms with Gasteiger partial charge in [-0.05, 0) is 69.1 Å². The molecule has 0 aliphatic carbocycles. The number of nitrogens with two attached hydrogens (primary N) is 1. The third kappa shape index (κ3) is 3.24. The minimum Gasteiger partial charge on any atom is -0.451 e. The zero-order chi connectivity index (χ0) is 14.7. The molecule has 3 nitrogen and oxygen atoms in total. The van der Waals surface area contributed by atoms with E-state index in [-0.39, 0.29) is 11.9 Å². The summed E-state index contributed by atoms with van der Waals surface area (Å²) in [5.41, 5.74) is 6.81. The molecule has 108 valence electrons. The van der Waals surface area contributed by atoms with Crippen LogP contribution in [0.3, 0.4) is 0 Å². The van der Waals surface area contributed by atoms with Crippen LogP contribution in [0.2, 0.25) is 0 Å². The first-order valence-corrected chi connectivity index (χ1v) is 7.82. The van der Waals surface area contributed by atoms with Crippen LogP contribution in [0.15, 0.2) is 43.9 Å².